The van der Waals surface area contributed by atoms with Crippen molar-refractivity contribution in [2.75, 3.05) is 31.6 Å². The molecule has 162 valence electrons. The molecule has 1 saturated heterocycles. The highest BCUT2D eigenvalue weighted by Gasteiger charge is 2.45. The maximum absolute atomic E-state index is 13.6. The van der Waals surface area contributed by atoms with Crippen molar-refractivity contribution in [3.05, 3.63) is 58.4 Å². The highest BCUT2D eigenvalue weighted by molar-refractivity contribution is 7.11. The molecule has 31 heavy (non-hydrogen) atoms. The van der Waals surface area contributed by atoms with Gasteiger partial charge in [0, 0.05) is 36.7 Å². The van der Waals surface area contributed by atoms with E-state index in [-0.39, 0.29) is 23.9 Å². The minimum absolute atomic E-state index is 0.248. The van der Waals surface area contributed by atoms with Gasteiger partial charge in [0.05, 0.1) is 12.2 Å². The lowest BCUT2D eigenvalue weighted by atomic mass is 10.0. The second kappa shape index (κ2) is 8.93. The van der Waals surface area contributed by atoms with Gasteiger partial charge < -0.3 is 14.5 Å². The van der Waals surface area contributed by atoms with Gasteiger partial charge in [0.25, 0.3) is 11.8 Å². The molecule has 7 nitrogen and oxygen atoms in total. The molecule has 3 amide bonds. The summed E-state index contributed by atoms with van der Waals surface area (Å²) in [5, 5.41) is 1.90. The van der Waals surface area contributed by atoms with Gasteiger partial charge in [-0.3, -0.25) is 14.5 Å². The maximum atomic E-state index is 13.6. The first-order chi connectivity index (χ1) is 15.0. The number of nitrogens with zero attached hydrogens (tertiary/aromatic N) is 3. The van der Waals surface area contributed by atoms with E-state index >= 15 is 0 Å². The predicted octanol–water partition coefficient (Wildman–Crippen LogP) is 3.59. The van der Waals surface area contributed by atoms with Gasteiger partial charge in [-0.2, -0.15) is 0 Å². The number of rotatable bonds is 5. The Labute approximate surface area is 185 Å². The molecule has 1 aromatic carbocycles. The number of hydrogen-bond acceptors (Lipinski definition) is 6. The van der Waals surface area contributed by atoms with Crippen LogP contribution in [0.5, 0.6) is 0 Å². The molecule has 0 saturated carbocycles. The summed E-state index contributed by atoms with van der Waals surface area (Å²) < 4.78 is 5.07. The van der Waals surface area contributed by atoms with Gasteiger partial charge in [0.1, 0.15) is 5.70 Å². The number of imide groups is 1. The van der Waals surface area contributed by atoms with Crippen LogP contribution in [-0.4, -0.2) is 60.5 Å². The first-order valence-corrected chi connectivity index (χ1v) is 11.3. The zero-order valence-electron chi connectivity index (χ0n) is 17.6. The number of likely N-dealkylation sites (N-methyl/N-ethyl adjacent to an activating group) is 1. The average molecular weight is 440 g/mol. The Balaban J connectivity index is 1.61. The maximum Gasteiger partial charge on any atom is 0.409 e. The van der Waals surface area contributed by atoms with Crippen LogP contribution in [0.1, 0.15) is 24.6 Å². The van der Waals surface area contributed by atoms with Crippen LogP contribution in [0.4, 0.5) is 10.5 Å². The van der Waals surface area contributed by atoms with Crippen molar-refractivity contribution in [2.24, 2.45) is 0 Å². The molecule has 0 atom stereocenters. The van der Waals surface area contributed by atoms with Crippen molar-refractivity contribution in [3.8, 4) is 0 Å². The Bertz CT molecular complexity index is 995. The van der Waals surface area contributed by atoms with E-state index in [9.17, 15) is 14.4 Å². The number of para-hydroxylation sites is 1. The molecule has 2 aromatic rings. The largest absolute Gasteiger partial charge is 0.450 e. The van der Waals surface area contributed by atoms with E-state index in [0.29, 0.717) is 43.8 Å². The highest BCUT2D eigenvalue weighted by Crippen LogP contribution is 2.37. The van der Waals surface area contributed by atoms with Crippen LogP contribution in [0.15, 0.2) is 53.5 Å². The molecule has 2 aliphatic heterocycles. The van der Waals surface area contributed by atoms with Gasteiger partial charge in [-0.1, -0.05) is 24.3 Å². The van der Waals surface area contributed by atoms with E-state index in [2.05, 4.69) is 0 Å². The molecule has 2 aliphatic rings. The molecule has 4 rings (SSSR count). The topological polar surface area (TPSA) is 70.2 Å². The molecule has 0 aliphatic carbocycles. The number of anilines is 1. The minimum atomic E-state index is -0.345. The summed E-state index contributed by atoms with van der Waals surface area (Å²) >= 11 is 1.45. The van der Waals surface area contributed by atoms with Gasteiger partial charge in [0.15, 0.2) is 0 Å². The van der Waals surface area contributed by atoms with E-state index in [1.807, 2.05) is 54.9 Å². The quantitative estimate of drug-likeness (QED) is 0.666. The van der Waals surface area contributed by atoms with E-state index in [1.165, 1.54) is 16.2 Å². The lowest BCUT2D eigenvalue weighted by molar-refractivity contribution is -0.140. The fourth-order valence-corrected chi connectivity index (χ4v) is 4.89. The second-order valence-corrected chi connectivity index (χ2v) is 8.44. The Morgan fingerprint density at radius 3 is 2.42 bits per heavy atom. The number of amides is 3. The van der Waals surface area contributed by atoms with Crippen LogP contribution in [-0.2, 0) is 14.3 Å². The third-order valence-corrected chi connectivity index (χ3v) is 6.58. The number of carbonyl (C=O) groups excluding carboxylic acids is 3. The number of benzene rings is 1. The summed E-state index contributed by atoms with van der Waals surface area (Å²) in [4.78, 5) is 44.7. The number of thiophene rings is 1. The first kappa shape index (κ1) is 21.1. The van der Waals surface area contributed by atoms with E-state index in [4.69, 9.17) is 4.74 Å². The summed E-state index contributed by atoms with van der Waals surface area (Å²) in [5.41, 5.74) is 1.68. The van der Waals surface area contributed by atoms with Gasteiger partial charge in [-0.05, 0) is 43.3 Å². The third kappa shape index (κ3) is 3.95. The molecule has 0 unspecified atom stereocenters. The average Bonchev–Trinajstić information content (AvgIpc) is 3.40. The minimum Gasteiger partial charge on any atom is -0.450 e. The molecular formula is C23H25N3O4S. The highest BCUT2D eigenvalue weighted by atomic mass is 32.1. The van der Waals surface area contributed by atoms with E-state index in [0.717, 1.165) is 10.6 Å². The number of ether oxygens (including phenoxy) is 1. The third-order valence-electron chi connectivity index (χ3n) is 5.69. The van der Waals surface area contributed by atoms with Crippen LogP contribution >= 0.6 is 11.3 Å². The van der Waals surface area contributed by atoms with Crippen molar-refractivity contribution >= 4 is 40.5 Å². The van der Waals surface area contributed by atoms with Crippen molar-refractivity contribution < 1.29 is 19.1 Å². The first-order valence-electron chi connectivity index (χ1n) is 10.4. The van der Waals surface area contributed by atoms with Crippen LogP contribution in [0.3, 0.4) is 0 Å². The molecule has 0 spiro atoms. The Morgan fingerprint density at radius 2 is 1.81 bits per heavy atom. The molecule has 0 radical (unpaired) electrons. The summed E-state index contributed by atoms with van der Waals surface area (Å²) in [6.45, 7) is 3.01. The Kier molecular flexibility index (Phi) is 6.08. The van der Waals surface area contributed by atoms with E-state index < -0.39 is 0 Å². The van der Waals surface area contributed by atoms with Gasteiger partial charge >= 0.3 is 6.09 Å². The lowest BCUT2D eigenvalue weighted by Gasteiger charge is -2.35. The summed E-state index contributed by atoms with van der Waals surface area (Å²) in [7, 11) is 1.82. The molecule has 8 heteroatoms. The SMILES string of the molecule is CCOC(=O)N1CCC(N2C(=O)C(c3cccs3)=C(N(C)c3ccccc3)C2=O)CC1. The van der Waals surface area contributed by atoms with Crippen molar-refractivity contribution in [2.45, 2.75) is 25.8 Å². The zero-order chi connectivity index (χ0) is 22.0. The second-order valence-electron chi connectivity index (χ2n) is 7.49. The molecule has 1 fully saturated rings. The fourth-order valence-electron chi connectivity index (χ4n) is 4.12. The number of carbonyl (C=O) groups is 3. The standard InChI is InChI=1S/C23H25N3O4S/c1-3-30-23(29)25-13-11-17(12-14-25)26-21(27)19(18-10-7-15-31-18)20(22(26)28)24(2)16-8-5-4-6-9-16/h4-10,15,17H,3,11-14H2,1-2H3. The number of hydrogen-bond donors (Lipinski definition) is 0. The molecular weight excluding hydrogens is 414 g/mol. The summed E-state index contributed by atoms with van der Waals surface area (Å²) in [6, 6.07) is 13.1. The fraction of sp³-hybridized carbons (Fsp3) is 0.348. The normalized spacial score (nSPS) is 17.5. The van der Waals surface area contributed by atoms with Crippen LogP contribution in [0, 0.1) is 0 Å². The van der Waals surface area contributed by atoms with E-state index in [1.54, 1.807) is 16.7 Å². The molecule has 0 N–H and O–H groups in total. The molecule has 0 bridgehead atoms. The smallest absolute Gasteiger partial charge is 0.409 e. The van der Waals surface area contributed by atoms with Crippen molar-refractivity contribution in [3.63, 3.8) is 0 Å². The molecule has 1 aromatic heterocycles. The number of likely N-dealkylation sites (tertiary alicyclic amines) is 1. The Hall–Kier alpha value is -3.13. The van der Waals surface area contributed by atoms with Crippen LogP contribution in [0.2, 0.25) is 0 Å². The van der Waals surface area contributed by atoms with Crippen molar-refractivity contribution in [1.82, 2.24) is 9.80 Å². The predicted molar refractivity (Wildman–Crippen MR) is 120 cm³/mol. The van der Waals surface area contributed by atoms with Gasteiger partial charge in [-0.25, -0.2) is 4.79 Å². The van der Waals surface area contributed by atoms with Crippen LogP contribution in [0.25, 0.3) is 5.57 Å². The van der Waals surface area contributed by atoms with Gasteiger partial charge in [0.2, 0.25) is 0 Å². The molecule has 3 heterocycles. The van der Waals surface area contributed by atoms with Crippen LogP contribution < -0.4 is 4.90 Å². The zero-order valence-corrected chi connectivity index (χ0v) is 18.4. The Morgan fingerprint density at radius 1 is 1.10 bits per heavy atom. The number of piperidine rings is 1. The van der Waals surface area contributed by atoms with Gasteiger partial charge in [-0.15, -0.1) is 11.3 Å². The van der Waals surface area contributed by atoms with Crippen molar-refractivity contribution in [1.29, 1.82) is 0 Å². The summed E-state index contributed by atoms with van der Waals surface area (Å²) in [6.07, 6.45) is 0.731. The lowest BCUT2D eigenvalue weighted by Crippen LogP contribution is -2.49. The summed E-state index contributed by atoms with van der Waals surface area (Å²) in [5.74, 6) is -0.547. The monoisotopic (exact) mass is 439 g/mol.